The maximum atomic E-state index is 11.6. The molecule has 96 valence electrons. The van der Waals surface area contributed by atoms with Gasteiger partial charge in [-0.2, -0.15) is 0 Å². The van der Waals surface area contributed by atoms with Gasteiger partial charge in [0.1, 0.15) is 0 Å². The fourth-order valence-corrected chi connectivity index (χ4v) is 1.82. The molecular weight excluding hydrogens is 249 g/mol. The molecule has 0 aliphatic rings. The summed E-state index contributed by atoms with van der Waals surface area (Å²) in [6.45, 7) is 0.822. The molecule has 0 aromatic heterocycles. The highest BCUT2D eigenvalue weighted by atomic mass is 32.2. The van der Waals surface area contributed by atoms with Gasteiger partial charge in [-0.1, -0.05) is 6.92 Å². The van der Waals surface area contributed by atoms with Gasteiger partial charge >= 0.3 is 12.3 Å². The Morgan fingerprint density at radius 1 is 1.44 bits per heavy atom. The number of carbonyl (C=O) groups excluding carboxylic acids is 1. The average molecular weight is 262 g/mol. The predicted molar refractivity (Wildman–Crippen MR) is 51.1 cm³/mol. The summed E-state index contributed by atoms with van der Waals surface area (Å²) in [5.74, 6) is -0.810. The van der Waals surface area contributed by atoms with E-state index in [4.69, 9.17) is 0 Å². The first-order chi connectivity index (χ1) is 7.26. The van der Waals surface area contributed by atoms with Crippen LogP contribution in [0.25, 0.3) is 0 Å². The Morgan fingerprint density at radius 2 is 2.00 bits per heavy atom. The molecule has 0 amide bonds. The van der Waals surface area contributed by atoms with E-state index in [0.29, 0.717) is 0 Å². The van der Waals surface area contributed by atoms with Crippen LogP contribution in [0.1, 0.15) is 13.3 Å². The molecule has 0 aromatic rings. The van der Waals surface area contributed by atoms with Crippen molar-refractivity contribution in [1.82, 2.24) is 0 Å². The van der Waals surface area contributed by atoms with Crippen LogP contribution in [0.2, 0.25) is 0 Å². The van der Waals surface area contributed by atoms with Crippen LogP contribution in [-0.4, -0.2) is 41.3 Å². The standard InChI is InChI=1S/C8H13F3O4S/c1-6(5-7(12)14-2)16(13)4-3-15-8(9,10)11/h6H,3-5H2,1-2H3. The third-order valence-electron chi connectivity index (χ3n) is 1.68. The summed E-state index contributed by atoms with van der Waals surface area (Å²) in [7, 11) is -0.362. The lowest BCUT2D eigenvalue weighted by Gasteiger charge is -2.11. The molecule has 0 fully saturated rings. The number of hydrogen-bond donors (Lipinski definition) is 0. The van der Waals surface area contributed by atoms with Crippen molar-refractivity contribution in [3.63, 3.8) is 0 Å². The van der Waals surface area contributed by atoms with Gasteiger partial charge in [0.2, 0.25) is 0 Å². The summed E-state index contributed by atoms with van der Waals surface area (Å²) in [4.78, 5) is 10.8. The van der Waals surface area contributed by atoms with Gasteiger partial charge in [-0.25, -0.2) is 0 Å². The molecule has 2 atom stereocenters. The molecule has 0 rings (SSSR count). The lowest BCUT2D eigenvalue weighted by Crippen LogP contribution is -2.23. The normalized spacial score (nSPS) is 15.6. The summed E-state index contributed by atoms with van der Waals surface area (Å²) < 4.78 is 53.9. The van der Waals surface area contributed by atoms with Crippen molar-refractivity contribution in [3.8, 4) is 0 Å². The molecule has 0 aliphatic heterocycles. The highest BCUT2D eigenvalue weighted by Gasteiger charge is 2.29. The Morgan fingerprint density at radius 3 is 2.44 bits per heavy atom. The van der Waals surface area contributed by atoms with Crippen LogP contribution >= 0.6 is 0 Å². The largest absolute Gasteiger partial charge is 0.522 e. The van der Waals surface area contributed by atoms with E-state index in [-0.39, 0.29) is 12.2 Å². The fraction of sp³-hybridized carbons (Fsp3) is 0.875. The van der Waals surface area contributed by atoms with Crippen LogP contribution in [0.5, 0.6) is 0 Å². The summed E-state index contributed by atoms with van der Waals surface area (Å²) >= 11 is 0. The number of methoxy groups -OCH3 is 1. The van der Waals surface area contributed by atoms with E-state index in [1.165, 1.54) is 14.0 Å². The molecule has 0 aliphatic carbocycles. The maximum Gasteiger partial charge on any atom is 0.522 e. The van der Waals surface area contributed by atoms with Gasteiger partial charge in [0.15, 0.2) is 0 Å². The first kappa shape index (κ1) is 15.4. The Hall–Kier alpha value is -0.630. The Bertz CT molecular complexity index is 254. The molecule has 0 spiro atoms. The lowest BCUT2D eigenvalue weighted by molar-refractivity contribution is -0.322. The van der Waals surface area contributed by atoms with Gasteiger partial charge < -0.3 is 4.74 Å². The molecule has 8 heteroatoms. The van der Waals surface area contributed by atoms with Gasteiger partial charge in [0, 0.05) is 21.8 Å². The minimum atomic E-state index is -4.71. The third kappa shape index (κ3) is 7.63. The first-order valence-corrected chi connectivity index (χ1v) is 5.79. The number of carbonyl (C=O) groups is 1. The van der Waals surface area contributed by atoms with Crippen molar-refractivity contribution in [1.29, 1.82) is 0 Å². The van der Waals surface area contributed by atoms with Crippen molar-refractivity contribution >= 4 is 16.8 Å². The molecule has 0 bridgehead atoms. The van der Waals surface area contributed by atoms with E-state index in [9.17, 15) is 22.2 Å². The van der Waals surface area contributed by atoms with Crippen LogP contribution in [-0.2, 0) is 25.1 Å². The molecule has 2 unspecified atom stereocenters. The van der Waals surface area contributed by atoms with Crippen molar-refractivity contribution in [2.45, 2.75) is 25.0 Å². The number of esters is 1. The molecular formula is C8H13F3O4S. The van der Waals surface area contributed by atoms with Crippen molar-refractivity contribution in [2.24, 2.45) is 0 Å². The highest BCUT2D eigenvalue weighted by Crippen LogP contribution is 2.16. The van der Waals surface area contributed by atoms with Gasteiger partial charge in [0.25, 0.3) is 0 Å². The average Bonchev–Trinajstić information content (AvgIpc) is 2.15. The summed E-state index contributed by atoms with van der Waals surface area (Å²) in [6.07, 6.45) is -4.80. The van der Waals surface area contributed by atoms with Crippen LogP contribution in [0.4, 0.5) is 13.2 Å². The minimum Gasteiger partial charge on any atom is -0.469 e. The zero-order valence-electron chi connectivity index (χ0n) is 8.87. The van der Waals surface area contributed by atoms with E-state index >= 15 is 0 Å². The van der Waals surface area contributed by atoms with Crippen molar-refractivity contribution < 1.29 is 31.6 Å². The van der Waals surface area contributed by atoms with E-state index in [2.05, 4.69) is 9.47 Å². The zero-order chi connectivity index (χ0) is 12.8. The Labute approximate surface area is 93.6 Å². The first-order valence-electron chi connectivity index (χ1n) is 4.41. The summed E-state index contributed by atoms with van der Waals surface area (Å²) in [5, 5.41) is -0.552. The summed E-state index contributed by atoms with van der Waals surface area (Å²) in [5.41, 5.74) is 0. The molecule has 0 saturated heterocycles. The van der Waals surface area contributed by atoms with E-state index in [1.807, 2.05) is 0 Å². The second-order valence-corrected chi connectivity index (χ2v) is 4.94. The maximum absolute atomic E-state index is 11.6. The van der Waals surface area contributed by atoms with E-state index < -0.39 is 35.0 Å². The zero-order valence-corrected chi connectivity index (χ0v) is 9.69. The van der Waals surface area contributed by atoms with Gasteiger partial charge in [-0.15, -0.1) is 13.2 Å². The van der Waals surface area contributed by atoms with Crippen LogP contribution < -0.4 is 0 Å². The minimum absolute atomic E-state index is 0.0882. The predicted octanol–water partition coefficient (Wildman–Crippen LogP) is 1.22. The molecule has 0 N–H and O–H groups in total. The van der Waals surface area contributed by atoms with Crippen LogP contribution in [0.3, 0.4) is 0 Å². The highest BCUT2D eigenvalue weighted by molar-refractivity contribution is 7.85. The van der Waals surface area contributed by atoms with E-state index in [0.717, 1.165) is 0 Å². The number of halogens is 3. The Balaban J connectivity index is 3.84. The second kappa shape index (κ2) is 6.85. The van der Waals surface area contributed by atoms with Crippen molar-refractivity contribution in [2.75, 3.05) is 19.5 Å². The van der Waals surface area contributed by atoms with Gasteiger partial charge in [-0.05, 0) is 0 Å². The molecule has 16 heavy (non-hydrogen) atoms. The third-order valence-corrected chi connectivity index (χ3v) is 3.31. The topological polar surface area (TPSA) is 52.6 Å². The second-order valence-electron chi connectivity index (χ2n) is 2.97. The number of ether oxygens (including phenoxy) is 2. The van der Waals surface area contributed by atoms with E-state index in [1.54, 1.807) is 0 Å². The quantitative estimate of drug-likeness (QED) is 0.675. The van der Waals surface area contributed by atoms with Crippen LogP contribution in [0, 0.1) is 0 Å². The molecule has 0 radical (unpaired) electrons. The Kier molecular flexibility index (Phi) is 6.58. The van der Waals surface area contributed by atoms with Gasteiger partial charge in [-0.3, -0.25) is 13.7 Å². The smallest absolute Gasteiger partial charge is 0.469 e. The number of alkyl halides is 3. The SMILES string of the molecule is COC(=O)CC(C)S(=O)CCOC(F)(F)F. The van der Waals surface area contributed by atoms with Crippen molar-refractivity contribution in [3.05, 3.63) is 0 Å². The lowest BCUT2D eigenvalue weighted by atomic mass is 10.3. The molecule has 0 saturated carbocycles. The van der Waals surface area contributed by atoms with Gasteiger partial charge in [0.05, 0.1) is 20.1 Å². The molecule has 4 nitrogen and oxygen atoms in total. The van der Waals surface area contributed by atoms with Crippen LogP contribution in [0.15, 0.2) is 0 Å². The fourth-order valence-electron chi connectivity index (χ4n) is 0.852. The molecule has 0 aromatic carbocycles. The number of hydrogen-bond acceptors (Lipinski definition) is 4. The monoisotopic (exact) mass is 262 g/mol. The summed E-state index contributed by atoms with van der Waals surface area (Å²) in [6, 6.07) is 0. The number of rotatable bonds is 6. The molecule has 0 heterocycles.